The number of unbranched alkanes of at least 4 members (excludes halogenated alkanes) is 16. The van der Waals surface area contributed by atoms with Crippen molar-refractivity contribution >= 4 is 30.3 Å². The third-order valence-corrected chi connectivity index (χ3v) is 10.3. The largest absolute Gasteiger partial charge is 0.358 e. The minimum Gasteiger partial charge on any atom is -0.358 e. The number of rotatable bonds is 41. The number of hydrogen-bond donors (Lipinski definition) is 7. The van der Waals surface area contributed by atoms with Gasteiger partial charge in [0.2, 0.25) is 17.7 Å². The van der Waals surface area contributed by atoms with Crippen LogP contribution in [0.2, 0.25) is 0 Å². The normalized spacial score (nSPS) is 13.5. The molecule has 12 heteroatoms. The predicted octanol–water partition coefficient (Wildman–Crippen LogP) is 3.47. The molecule has 0 aromatic heterocycles. The third-order valence-electron chi connectivity index (χ3n) is 10.3. The van der Waals surface area contributed by atoms with Crippen LogP contribution in [0.1, 0.15) is 187 Å². The second kappa shape index (κ2) is 38.8. The molecule has 0 saturated heterocycles. The number of aldehydes is 2. The van der Waals surface area contributed by atoms with Crippen LogP contribution >= 0.6 is 0 Å². The maximum Gasteiger partial charge on any atom is 0.243 e. The fraction of sp³-hybridized carbons (Fsp3) is 0.881. The summed E-state index contributed by atoms with van der Waals surface area (Å²) in [6.07, 6.45) is 28.7. The lowest BCUT2D eigenvalue weighted by atomic mass is 9.99. The van der Waals surface area contributed by atoms with Crippen molar-refractivity contribution in [3.63, 3.8) is 0 Å². The molecular weight excluding hydrogens is 683 g/mol. The van der Waals surface area contributed by atoms with Gasteiger partial charge < -0.3 is 48.1 Å². The molecule has 0 saturated carbocycles. The van der Waals surface area contributed by atoms with E-state index in [1.807, 2.05) is 0 Å². The zero-order valence-corrected chi connectivity index (χ0v) is 34.8. The molecule has 0 spiro atoms. The van der Waals surface area contributed by atoms with Gasteiger partial charge in [-0.25, -0.2) is 0 Å². The molecule has 12 nitrogen and oxygen atoms in total. The van der Waals surface area contributed by atoms with Crippen molar-refractivity contribution < 1.29 is 41.2 Å². The van der Waals surface area contributed by atoms with E-state index in [1.165, 1.54) is 32.1 Å². The molecule has 0 aliphatic rings. The first kappa shape index (κ1) is 51.6. The Morgan fingerprint density at radius 3 is 1.63 bits per heavy atom. The Balaban J connectivity index is 4.39. The molecule has 0 aliphatic carbocycles. The quantitative estimate of drug-likeness (QED) is 0.0365. The van der Waals surface area contributed by atoms with E-state index in [2.05, 4.69) is 45.4 Å². The van der Waals surface area contributed by atoms with Gasteiger partial charge in [0.15, 0.2) is 0 Å². The van der Waals surface area contributed by atoms with Crippen molar-refractivity contribution in [3.05, 3.63) is 0 Å². The summed E-state index contributed by atoms with van der Waals surface area (Å²) < 4.78 is 0. The zero-order valence-electron chi connectivity index (χ0n) is 34.8. The smallest absolute Gasteiger partial charge is 0.243 e. The average molecular weight is 769 g/mol. The summed E-state index contributed by atoms with van der Waals surface area (Å²) in [6.45, 7) is 5.42. The van der Waals surface area contributed by atoms with Gasteiger partial charge in [0.05, 0.1) is 31.7 Å². The number of carbonyl (C=O) groups excluding carboxylic acids is 5. The first-order valence-corrected chi connectivity index (χ1v) is 22.3. The minimum absolute atomic E-state index is 0.105. The first-order valence-electron chi connectivity index (χ1n) is 22.3. The number of quaternary nitrogens is 3. The summed E-state index contributed by atoms with van der Waals surface area (Å²) in [7, 11) is 0. The van der Waals surface area contributed by atoms with E-state index in [9.17, 15) is 24.0 Å². The Hall–Kier alpha value is -2.41. The summed E-state index contributed by atoms with van der Waals surface area (Å²) in [5, 5.41) is 12.7. The molecule has 316 valence electrons. The first-order chi connectivity index (χ1) is 26.4. The second-order valence-electron chi connectivity index (χ2n) is 15.4. The third kappa shape index (κ3) is 30.9. The lowest BCUT2D eigenvalue weighted by Gasteiger charge is -2.26. The van der Waals surface area contributed by atoms with E-state index in [1.54, 1.807) is 0 Å². The van der Waals surface area contributed by atoms with Gasteiger partial charge in [-0.2, -0.15) is 0 Å². The van der Waals surface area contributed by atoms with E-state index in [4.69, 9.17) is 0 Å². The molecular formula is C42H86N7O5+3. The Labute approximate surface area is 329 Å². The molecule has 0 heterocycles. The van der Waals surface area contributed by atoms with E-state index in [0.717, 1.165) is 154 Å². The van der Waals surface area contributed by atoms with E-state index >= 15 is 0 Å². The maximum atomic E-state index is 13.3. The van der Waals surface area contributed by atoms with E-state index in [0.29, 0.717) is 38.3 Å². The van der Waals surface area contributed by atoms with Gasteiger partial charge in [-0.1, -0.05) is 84.0 Å². The molecule has 4 unspecified atom stereocenters. The molecule has 0 aromatic carbocycles. The highest BCUT2D eigenvalue weighted by molar-refractivity contribution is 5.89. The van der Waals surface area contributed by atoms with Crippen molar-refractivity contribution in [1.29, 1.82) is 0 Å². The van der Waals surface area contributed by atoms with Gasteiger partial charge in [0.1, 0.15) is 18.6 Å². The number of amides is 3. The molecule has 0 aromatic rings. The lowest BCUT2D eigenvalue weighted by molar-refractivity contribution is -0.369. The van der Waals surface area contributed by atoms with Crippen LogP contribution < -0.4 is 38.5 Å². The number of hydrogen-bond acceptors (Lipinski definition) is 6. The van der Waals surface area contributed by atoms with Gasteiger partial charge in [-0.05, 0) is 89.9 Å². The van der Waals surface area contributed by atoms with Crippen LogP contribution in [0.15, 0.2) is 0 Å². The fourth-order valence-corrected chi connectivity index (χ4v) is 6.89. The monoisotopic (exact) mass is 769 g/mol. The standard InChI is InChI=1S/C42H83N7O5/c1-2-3-13-24-36(25-14-10-12-23-34-50)47-38(27-17-20-31-44)41(53)46-33-22-11-8-6-4-5-7-9-15-29-40(52)49-39(28-18-21-32-45)42(54)48-37(35-51)26-16-19-30-43/h34-39,47H,2-33,43-45H2,1H3,(H,46,53)(H,48,54)(H,49,52)/p+3. The van der Waals surface area contributed by atoms with Gasteiger partial charge >= 0.3 is 0 Å². The van der Waals surface area contributed by atoms with Crippen LogP contribution in [-0.2, 0) is 24.0 Å². The topological polar surface area (TPSA) is 216 Å². The molecule has 3 amide bonds. The highest BCUT2D eigenvalue weighted by Crippen LogP contribution is 2.15. The molecule has 4 atom stereocenters. The van der Waals surface area contributed by atoms with Crippen molar-refractivity contribution in [3.8, 4) is 0 Å². The van der Waals surface area contributed by atoms with Crippen molar-refractivity contribution in [2.45, 2.75) is 211 Å². The Morgan fingerprint density at radius 2 is 1.06 bits per heavy atom. The highest BCUT2D eigenvalue weighted by atomic mass is 16.2. The van der Waals surface area contributed by atoms with Gasteiger partial charge in [-0.15, -0.1) is 0 Å². The van der Waals surface area contributed by atoms with Gasteiger partial charge in [0.25, 0.3) is 0 Å². The summed E-state index contributed by atoms with van der Waals surface area (Å²) in [6, 6.07) is -0.973. The maximum absolute atomic E-state index is 13.3. The zero-order chi connectivity index (χ0) is 39.9. The minimum atomic E-state index is -0.622. The summed E-state index contributed by atoms with van der Waals surface area (Å²) in [5.74, 6) is -0.254. The number of carbonyl (C=O) groups is 5. The molecule has 0 fully saturated rings. The van der Waals surface area contributed by atoms with Crippen molar-refractivity contribution in [2.75, 3.05) is 26.2 Å². The SMILES string of the molecule is CCCCCC(CCCCCC=O)NC(CCCC[NH3+])C(=O)NCCCCCCCCCCCC(=O)NC(CCCC[NH3+])C(=O)NC(C=O)CCCC[NH3+]. The van der Waals surface area contributed by atoms with Gasteiger partial charge in [-0.3, -0.25) is 14.4 Å². The summed E-state index contributed by atoms with van der Waals surface area (Å²) in [4.78, 5) is 61.0. The van der Waals surface area contributed by atoms with E-state index in [-0.39, 0.29) is 23.8 Å². The fourth-order valence-electron chi connectivity index (χ4n) is 6.89. The molecule has 13 N–H and O–H groups in total. The number of nitrogens with one attached hydrogen (secondary N) is 4. The average Bonchev–Trinajstić information content (AvgIpc) is 3.16. The van der Waals surface area contributed by atoms with Gasteiger partial charge in [0, 0.05) is 25.4 Å². The summed E-state index contributed by atoms with van der Waals surface area (Å²) >= 11 is 0. The Kier molecular flexibility index (Phi) is 37.1. The van der Waals surface area contributed by atoms with E-state index < -0.39 is 12.1 Å². The van der Waals surface area contributed by atoms with Crippen molar-refractivity contribution in [1.82, 2.24) is 21.3 Å². The summed E-state index contributed by atoms with van der Waals surface area (Å²) in [5.41, 5.74) is 11.7. The molecule has 54 heavy (non-hydrogen) atoms. The van der Waals surface area contributed by atoms with Crippen LogP contribution in [0.3, 0.4) is 0 Å². The molecule has 0 rings (SSSR count). The highest BCUT2D eigenvalue weighted by Gasteiger charge is 2.23. The predicted molar refractivity (Wildman–Crippen MR) is 218 cm³/mol. The van der Waals surface area contributed by atoms with Crippen molar-refractivity contribution in [2.24, 2.45) is 0 Å². The molecule has 0 radical (unpaired) electrons. The Bertz CT molecular complexity index is 925. The molecule has 0 bridgehead atoms. The van der Waals surface area contributed by atoms with Crippen LogP contribution in [0.4, 0.5) is 0 Å². The van der Waals surface area contributed by atoms with Crippen LogP contribution in [0.25, 0.3) is 0 Å². The van der Waals surface area contributed by atoms with Crippen LogP contribution in [0, 0.1) is 0 Å². The van der Waals surface area contributed by atoms with Crippen LogP contribution in [-0.4, -0.2) is 80.6 Å². The lowest BCUT2D eigenvalue weighted by Crippen LogP contribution is -2.51. The van der Waals surface area contributed by atoms with Crippen LogP contribution in [0.5, 0.6) is 0 Å². The second-order valence-corrected chi connectivity index (χ2v) is 15.4. The molecule has 0 aliphatic heterocycles. The Morgan fingerprint density at radius 1 is 0.537 bits per heavy atom.